The molecule has 0 radical (unpaired) electrons. The van der Waals surface area contributed by atoms with E-state index in [1.165, 1.54) is 11.1 Å². The van der Waals surface area contributed by atoms with Crippen molar-refractivity contribution in [2.45, 2.75) is 25.8 Å². The maximum atomic E-state index is 12.2. The van der Waals surface area contributed by atoms with E-state index in [2.05, 4.69) is 53.4 Å². The zero-order valence-corrected chi connectivity index (χ0v) is 14.2. The largest absolute Gasteiger partial charge is 0.465 e. The number of carbonyl (C=O) groups is 1. The Hall–Kier alpha value is -2.13. The number of carbonyl (C=O) groups excluding carboxylic acids is 1. The Balaban J connectivity index is 1.79. The van der Waals surface area contributed by atoms with E-state index in [1.807, 2.05) is 19.1 Å². The van der Waals surface area contributed by atoms with Gasteiger partial charge in [-0.05, 0) is 30.5 Å². The minimum Gasteiger partial charge on any atom is -0.465 e. The van der Waals surface area contributed by atoms with Gasteiger partial charge in [-0.1, -0.05) is 67.6 Å². The lowest BCUT2D eigenvalue weighted by molar-refractivity contribution is -0.148. The summed E-state index contributed by atoms with van der Waals surface area (Å²) in [5.74, 6) is -0.0503. The Bertz CT molecular complexity index is 602. The lowest BCUT2D eigenvalue weighted by atomic mass is 9.97. The van der Waals surface area contributed by atoms with Gasteiger partial charge in [0.1, 0.15) is 0 Å². The number of rotatable bonds is 6. The van der Waals surface area contributed by atoms with Crippen molar-refractivity contribution in [1.82, 2.24) is 4.90 Å². The molecule has 0 spiro atoms. The highest BCUT2D eigenvalue weighted by Gasteiger charge is 2.34. The lowest BCUT2D eigenvalue weighted by Gasteiger charge is -2.28. The van der Waals surface area contributed by atoms with Gasteiger partial charge in [0.05, 0.1) is 18.6 Å². The van der Waals surface area contributed by atoms with Gasteiger partial charge in [-0.15, -0.1) is 0 Å². The van der Waals surface area contributed by atoms with Crippen molar-refractivity contribution in [1.29, 1.82) is 0 Å². The molecule has 2 aromatic rings. The number of ether oxygens (including phenoxy) is 1. The van der Waals surface area contributed by atoms with Crippen LogP contribution in [0.1, 0.15) is 36.9 Å². The summed E-state index contributed by atoms with van der Waals surface area (Å²) in [5, 5.41) is 0. The summed E-state index contributed by atoms with van der Waals surface area (Å²) in [5.41, 5.74) is 2.54. The third-order valence-electron chi connectivity index (χ3n) is 4.60. The summed E-state index contributed by atoms with van der Waals surface area (Å²) in [6.45, 7) is 4.22. The van der Waals surface area contributed by atoms with Gasteiger partial charge >= 0.3 is 5.97 Å². The standard InChI is InChI=1S/C21H25NO2/c1-2-15-24-21(23)19-13-14-22(16-19)20(17-9-5-3-6-10-17)18-11-7-4-8-12-18/h3-12,19-20H,2,13-16H2,1H3. The Labute approximate surface area is 144 Å². The fourth-order valence-electron chi connectivity index (χ4n) is 3.42. The van der Waals surface area contributed by atoms with Gasteiger partial charge in [0.25, 0.3) is 0 Å². The van der Waals surface area contributed by atoms with Crippen LogP contribution in [-0.4, -0.2) is 30.6 Å². The van der Waals surface area contributed by atoms with E-state index in [1.54, 1.807) is 0 Å². The molecule has 0 bridgehead atoms. The minimum absolute atomic E-state index is 0.00789. The second-order valence-corrected chi connectivity index (χ2v) is 6.37. The molecular weight excluding hydrogens is 298 g/mol. The zero-order chi connectivity index (χ0) is 16.8. The third kappa shape index (κ3) is 3.85. The highest BCUT2D eigenvalue weighted by atomic mass is 16.5. The van der Waals surface area contributed by atoms with Crippen LogP contribution in [0.2, 0.25) is 0 Å². The van der Waals surface area contributed by atoms with Crippen LogP contribution in [0.4, 0.5) is 0 Å². The highest BCUT2D eigenvalue weighted by molar-refractivity contribution is 5.73. The Morgan fingerprint density at radius 1 is 1.08 bits per heavy atom. The lowest BCUT2D eigenvalue weighted by Crippen LogP contribution is -2.29. The summed E-state index contributed by atoms with van der Waals surface area (Å²) >= 11 is 0. The second-order valence-electron chi connectivity index (χ2n) is 6.37. The van der Waals surface area contributed by atoms with Crippen molar-refractivity contribution in [2.75, 3.05) is 19.7 Å². The molecule has 3 heteroatoms. The first kappa shape index (κ1) is 16.7. The van der Waals surface area contributed by atoms with Crippen LogP contribution >= 0.6 is 0 Å². The van der Waals surface area contributed by atoms with E-state index in [0.29, 0.717) is 6.61 Å². The smallest absolute Gasteiger partial charge is 0.310 e. The number of esters is 1. The molecule has 0 amide bonds. The van der Waals surface area contributed by atoms with Crippen LogP contribution in [0.25, 0.3) is 0 Å². The molecule has 126 valence electrons. The molecule has 0 aliphatic carbocycles. The van der Waals surface area contributed by atoms with E-state index in [0.717, 1.165) is 25.9 Å². The Kier molecular flexibility index (Phi) is 5.65. The first-order chi connectivity index (χ1) is 11.8. The van der Waals surface area contributed by atoms with Crippen molar-refractivity contribution >= 4 is 5.97 Å². The van der Waals surface area contributed by atoms with E-state index in [4.69, 9.17) is 4.74 Å². The van der Waals surface area contributed by atoms with E-state index in [9.17, 15) is 4.79 Å². The maximum Gasteiger partial charge on any atom is 0.310 e. The molecule has 1 aliphatic rings. The average molecular weight is 323 g/mol. The normalized spacial score (nSPS) is 18.0. The fourth-order valence-corrected chi connectivity index (χ4v) is 3.42. The number of nitrogens with zero attached hydrogens (tertiary/aromatic N) is 1. The molecule has 1 atom stereocenters. The van der Waals surface area contributed by atoms with Gasteiger partial charge in [0.2, 0.25) is 0 Å². The first-order valence-corrected chi connectivity index (χ1v) is 8.80. The summed E-state index contributed by atoms with van der Waals surface area (Å²) in [7, 11) is 0. The van der Waals surface area contributed by atoms with Gasteiger partial charge in [0, 0.05) is 6.54 Å². The van der Waals surface area contributed by atoms with Crippen molar-refractivity contribution in [3.05, 3.63) is 71.8 Å². The molecule has 1 heterocycles. The summed E-state index contributed by atoms with van der Waals surface area (Å²) < 4.78 is 5.35. The van der Waals surface area contributed by atoms with Gasteiger partial charge in [-0.25, -0.2) is 0 Å². The molecule has 0 saturated carbocycles. The number of hydrogen-bond donors (Lipinski definition) is 0. The molecule has 2 aromatic carbocycles. The zero-order valence-electron chi connectivity index (χ0n) is 14.2. The molecule has 1 aliphatic heterocycles. The van der Waals surface area contributed by atoms with Crippen LogP contribution in [0.5, 0.6) is 0 Å². The van der Waals surface area contributed by atoms with Crippen molar-refractivity contribution in [3.63, 3.8) is 0 Å². The molecule has 0 aromatic heterocycles. The van der Waals surface area contributed by atoms with Gasteiger partial charge < -0.3 is 4.74 Å². The topological polar surface area (TPSA) is 29.5 Å². The van der Waals surface area contributed by atoms with Gasteiger partial charge in [-0.3, -0.25) is 9.69 Å². The summed E-state index contributed by atoms with van der Waals surface area (Å²) in [6.07, 6.45) is 1.75. The van der Waals surface area contributed by atoms with Crippen LogP contribution < -0.4 is 0 Å². The minimum atomic E-state index is -0.0424. The molecule has 3 rings (SSSR count). The molecule has 3 nitrogen and oxygen atoms in total. The number of benzene rings is 2. The molecule has 0 N–H and O–H groups in total. The van der Waals surface area contributed by atoms with Gasteiger partial charge in [-0.2, -0.15) is 0 Å². The molecule has 1 fully saturated rings. The van der Waals surface area contributed by atoms with Gasteiger partial charge in [0.15, 0.2) is 0 Å². The van der Waals surface area contributed by atoms with Crippen molar-refractivity contribution < 1.29 is 9.53 Å². The monoisotopic (exact) mass is 323 g/mol. The van der Waals surface area contributed by atoms with Crippen LogP contribution in [0, 0.1) is 5.92 Å². The van der Waals surface area contributed by atoms with Crippen LogP contribution in [0.15, 0.2) is 60.7 Å². The summed E-state index contributed by atoms with van der Waals surface area (Å²) in [4.78, 5) is 14.6. The van der Waals surface area contributed by atoms with Crippen LogP contribution in [-0.2, 0) is 9.53 Å². The predicted molar refractivity (Wildman–Crippen MR) is 95.7 cm³/mol. The average Bonchev–Trinajstić information content (AvgIpc) is 3.11. The highest BCUT2D eigenvalue weighted by Crippen LogP contribution is 2.33. The quantitative estimate of drug-likeness (QED) is 0.751. The van der Waals surface area contributed by atoms with E-state index < -0.39 is 0 Å². The summed E-state index contributed by atoms with van der Waals surface area (Å²) in [6, 6.07) is 21.3. The second kappa shape index (κ2) is 8.11. The first-order valence-electron chi connectivity index (χ1n) is 8.80. The molecule has 1 unspecified atom stereocenters. The molecule has 1 saturated heterocycles. The van der Waals surface area contributed by atoms with E-state index >= 15 is 0 Å². The Morgan fingerprint density at radius 2 is 1.67 bits per heavy atom. The molecule has 24 heavy (non-hydrogen) atoms. The van der Waals surface area contributed by atoms with Crippen molar-refractivity contribution in [3.8, 4) is 0 Å². The SMILES string of the molecule is CCCOC(=O)C1CCN(C(c2ccccc2)c2ccccc2)C1. The van der Waals surface area contributed by atoms with Crippen LogP contribution in [0.3, 0.4) is 0 Å². The Morgan fingerprint density at radius 3 is 2.21 bits per heavy atom. The number of likely N-dealkylation sites (tertiary alicyclic amines) is 1. The fraction of sp³-hybridized carbons (Fsp3) is 0.381. The predicted octanol–water partition coefficient (Wildman–Crippen LogP) is 4.05. The van der Waals surface area contributed by atoms with E-state index in [-0.39, 0.29) is 17.9 Å². The maximum absolute atomic E-state index is 12.2. The van der Waals surface area contributed by atoms with Crippen molar-refractivity contribution in [2.24, 2.45) is 5.92 Å². The number of hydrogen-bond acceptors (Lipinski definition) is 3. The molecular formula is C21H25NO2. The third-order valence-corrected chi connectivity index (χ3v) is 4.60.